The Hall–Kier alpha value is -0.910. The third-order valence-electron chi connectivity index (χ3n) is 3.63. The van der Waals surface area contributed by atoms with E-state index in [2.05, 4.69) is 19.2 Å². The lowest BCUT2D eigenvalue weighted by Gasteiger charge is -2.22. The monoisotopic (exact) mass is 312 g/mol. The van der Waals surface area contributed by atoms with Crippen LogP contribution in [-0.2, 0) is 16.6 Å². The maximum absolute atomic E-state index is 12.7. The summed E-state index contributed by atoms with van der Waals surface area (Å²) in [4.78, 5) is 0.406. The maximum atomic E-state index is 12.7. The van der Waals surface area contributed by atoms with Crippen LogP contribution in [0.1, 0.15) is 39.7 Å². The molecule has 1 unspecified atom stereocenters. The Morgan fingerprint density at radius 2 is 1.81 bits per heavy atom. The van der Waals surface area contributed by atoms with Gasteiger partial charge >= 0.3 is 0 Å². The van der Waals surface area contributed by atoms with Gasteiger partial charge in [0.05, 0.1) is 4.90 Å². The Morgan fingerprint density at radius 1 is 1.19 bits per heavy atom. The van der Waals surface area contributed by atoms with Crippen molar-refractivity contribution in [3.63, 3.8) is 0 Å². The molecule has 0 radical (unpaired) electrons. The highest BCUT2D eigenvalue weighted by molar-refractivity contribution is 7.89. The van der Waals surface area contributed by atoms with Crippen molar-refractivity contribution in [1.82, 2.24) is 9.62 Å². The number of hydrogen-bond donors (Lipinski definition) is 1. The molecular weight excluding hydrogens is 284 g/mol. The molecule has 0 saturated heterocycles. The molecule has 0 fully saturated rings. The summed E-state index contributed by atoms with van der Waals surface area (Å²) in [5.74, 6) is 0.353. The molecule has 0 bridgehead atoms. The van der Waals surface area contributed by atoms with Crippen LogP contribution in [0.4, 0.5) is 0 Å². The van der Waals surface area contributed by atoms with Crippen LogP contribution in [0.2, 0.25) is 0 Å². The normalized spacial score (nSPS) is 13.9. The minimum absolute atomic E-state index is 0.318. The van der Waals surface area contributed by atoms with E-state index in [4.69, 9.17) is 0 Å². The van der Waals surface area contributed by atoms with Crippen molar-refractivity contribution in [2.75, 3.05) is 13.6 Å². The summed E-state index contributed by atoms with van der Waals surface area (Å²) in [6.07, 6.45) is 0.969. The second kappa shape index (κ2) is 7.92. The van der Waals surface area contributed by atoms with Crippen molar-refractivity contribution in [1.29, 1.82) is 0 Å². The first-order valence-electron chi connectivity index (χ1n) is 7.56. The molecule has 0 aliphatic heterocycles. The number of rotatable bonds is 8. The Morgan fingerprint density at radius 3 is 2.38 bits per heavy atom. The molecule has 1 atom stereocenters. The van der Waals surface area contributed by atoms with Gasteiger partial charge in [-0.25, -0.2) is 12.7 Å². The fourth-order valence-corrected chi connectivity index (χ4v) is 3.56. The first kappa shape index (κ1) is 18.1. The minimum atomic E-state index is -3.43. The maximum Gasteiger partial charge on any atom is 0.243 e. The van der Waals surface area contributed by atoms with E-state index in [1.54, 1.807) is 19.2 Å². The van der Waals surface area contributed by atoms with Gasteiger partial charge in [-0.1, -0.05) is 52.3 Å². The molecule has 0 aliphatic rings. The van der Waals surface area contributed by atoms with E-state index in [0.29, 0.717) is 29.9 Å². The average Bonchev–Trinajstić information content (AvgIpc) is 2.45. The molecular formula is C16H28N2O2S. The van der Waals surface area contributed by atoms with E-state index in [0.717, 1.165) is 12.0 Å². The summed E-state index contributed by atoms with van der Waals surface area (Å²) < 4.78 is 27.0. The topological polar surface area (TPSA) is 49.4 Å². The second-order valence-electron chi connectivity index (χ2n) is 5.94. The molecule has 5 heteroatoms. The van der Waals surface area contributed by atoms with Crippen LogP contribution < -0.4 is 5.32 Å². The molecule has 120 valence electrons. The largest absolute Gasteiger partial charge is 0.310 e. The molecule has 1 rings (SSSR count). The van der Waals surface area contributed by atoms with Gasteiger partial charge in [0.1, 0.15) is 0 Å². The van der Waals surface area contributed by atoms with E-state index in [1.165, 1.54) is 4.31 Å². The van der Waals surface area contributed by atoms with Crippen LogP contribution in [0, 0.1) is 5.92 Å². The Balaban J connectivity index is 3.02. The Kier molecular flexibility index (Phi) is 6.84. The van der Waals surface area contributed by atoms with E-state index < -0.39 is 10.0 Å². The molecule has 0 amide bonds. The SMILES string of the molecule is CCC(C)CN(C)S(=O)(=O)c1ccccc1CNC(C)C. The summed E-state index contributed by atoms with van der Waals surface area (Å²) in [5.41, 5.74) is 0.821. The van der Waals surface area contributed by atoms with Gasteiger partial charge < -0.3 is 5.32 Å². The number of nitrogens with zero attached hydrogens (tertiary/aromatic N) is 1. The van der Waals surface area contributed by atoms with Crippen molar-refractivity contribution in [2.45, 2.75) is 51.6 Å². The van der Waals surface area contributed by atoms with Gasteiger partial charge in [-0.3, -0.25) is 0 Å². The van der Waals surface area contributed by atoms with Crippen LogP contribution in [0.5, 0.6) is 0 Å². The van der Waals surface area contributed by atoms with Crippen molar-refractivity contribution >= 4 is 10.0 Å². The van der Waals surface area contributed by atoms with E-state index in [-0.39, 0.29) is 0 Å². The molecule has 1 aromatic carbocycles. The lowest BCUT2D eigenvalue weighted by molar-refractivity contribution is 0.393. The third kappa shape index (κ3) is 5.09. The van der Waals surface area contributed by atoms with Gasteiger partial charge in [0, 0.05) is 26.2 Å². The summed E-state index contributed by atoms with van der Waals surface area (Å²) >= 11 is 0. The molecule has 0 aliphatic carbocycles. The summed E-state index contributed by atoms with van der Waals surface area (Å²) in [6.45, 7) is 9.34. The molecule has 0 aromatic heterocycles. The highest BCUT2D eigenvalue weighted by Crippen LogP contribution is 2.20. The quantitative estimate of drug-likeness (QED) is 0.803. The first-order valence-corrected chi connectivity index (χ1v) is 9.00. The number of sulfonamides is 1. The molecule has 0 spiro atoms. The zero-order valence-corrected chi connectivity index (χ0v) is 14.6. The predicted molar refractivity (Wildman–Crippen MR) is 87.7 cm³/mol. The van der Waals surface area contributed by atoms with Crippen molar-refractivity contribution in [3.05, 3.63) is 29.8 Å². The predicted octanol–water partition coefficient (Wildman–Crippen LogP) is 2.85. The average molecular weight is 312 g/mol. The highest BCUT2D eigenvalue weighted by Gasteiger charge is 2.24. The van der Waals surface area contributed by atoms with Gasteiger partial charge in [-0.15, -0.1) is 0 Å². The van der Waals surface area contributed by atoms with E-state index in [9.17, 15) is 8.42 Å². The summed E-state index contributed by atoms with van der Waals surface area (Å²) in [5, 5.41) is 3.28. The zero-order chi connectivity index (χ0) is 16.0. The highest BCUT2D eigenvalue weighted by atomic mass is 32.2. The zero-order valence-electron chi connectivity index (χ0n) is 13.8. The van der Waals surface area contributed by atoms with Crippen LogP contribution >= 0.6 is 0 Å². The molecule has 4 nitrogen and oxygen atoms in total. The van der Waals surface area contributed by atoms with Gasteiger partial charge in [0.15, 0.2) is 0 Å². The minimum Gasteiger partial charge on any atom is -0.310 e. The van der Waals surface area contributed by atoms with Crippen LogP contribution in [0.3, 0.4) is 0 Å². The van der Waals surface area contributed by atoms with E-state index >= 15 is 0 Å². The van der Waals surface area contributed by atoms with Crippen molar-refractivity contribution in [3.8, 4) is 0 Å². The number of hydrogen-bond acceptors (Lipinski definition) is 3. The summed E-state index contributed by atoms with van der Waals surface area (Å²) in [6, 6.07) is 7.55. The Bertz CT molecular complexity index is 541. The molecule has 0 heterocycles. The molecule has 1 aromatic rings. The smallest absolute Gasteiger partial charge is 0.243 e. The fraction of sp³-hybridized carbons (Fsp3) is 0.625. The third-order valence-corrected chi connectivity index (χ3v) is 5.55. The lowest BCUT2D eigenvalue weighted by atomic mass is 10.1. The van der Waals surface area contributed by atoms with Gasteiger partial charge in [0.2, 0.25) is 10.0 Å². The van der Waals surface area contributed by atoms with E-state index in [1.807, 2.05) is 26.0 Å². The number of nitrogens with one attached hydrogen (secondary N) is 1. The first-order chi connectivity index (χ1) is 9.78. The molecule has 0 saturated carbocycles. The van der Waals surface area contributed by atoms with Gasteiger partial charge in [-0.05, 0) is 17.5 Å². The van der Waals surface area contributed by atoms with Crippen LogP contribution in [0.25, 0.3) is 0 Å². The Labute approximate surface area is 129 Å². The fourth-order valence-electron chi connectivity index (χ4n) is 2.05. The second-order valence-corrected chi connectivity index (χ2v) is 7.96. The number of benzene rings is 1. The van der Waals surface area contributed by atoms with Crippen molar-refractivity contribution in [2.24, 2.45) is 5.92 Å². The standard InChI is InChI=1S/C16H28N2O2S/c1-6-14(4)12-18(5)21(19,20)16-10-8-7-9-15(16)11-17-13(2)3/h7-10,13-14,17H,6,11-12H2,1-5H3. The molecule has 21 heavy (non-hydrogen) atoms. The molecule has 1 N–H and O–H groups in total. The lowest BCUT2D eigenvalue weighted by Crippen LogP contribution is -2.32. The van der Waals surface area contributed by atoms with Crippen molar-refractivity contribution < 1.29 is 8.42 Å². The summed E-state index contributed by atoms with van der Waals surface area (Å²) in [7, 11) is -1.77. The van der Waals surface area contributed by atoms with Crippen LogP contribution in [0.15, 0.2) is 29.2 Å². The van der Waals surface area contributed by atoms with Crippen LogP contribution in [-0.4, -0.2) is 32.4 Å². The van der Waals surface area contributed by atoms with Gasteiger partial charge in [-0.2, -0.15) is 0 Å². The van der Waals surface area contributed by atoms with Gasteiger partial charge in [0.25, 0.3) is 0 Å².